The van der Waals surface area contributed by atoms with E-state index in [1.807, 2.05) is 62.4 Å². The summed E-state index contributed by atoms with van der Waals surface area (Å²) in [6.45, 7) is 11.2. The summed E-state index contributed by atoms with van der Waals surface area (Å²) >= 11 is 0. The van der Waals surface area contributed by atoms with E-state index in [2.05, 4.69) is 34.4 Å². The van der Waals surface area contributed by atoms with E-state index in [0.29, 0.717) is 24.1 Å². The predicted octanol–water partition coefficient (Wildman–Crippen LogP) is 4.49. The first-order chi connectivity index (χ1) is 19.1. The highest BCUT2D eigenvalue weighted by atomic mass is 16.2. The lowest BCUT2D eigenvalue weighted by Gasteiger charge is -2.18. The van der Waals surface area contributed by atoms with Crippen LogP contribution < -0.4 is 10.6 Å². The third-order valence-corrected chi connectivity index (χ3v) is 7.52. The topological polar surface area (TPSA) is 97.5 Å². The van der Waals surface area contributed by atoms with Crippen LogP contribution in [0.15, 0.2) is 42.5 Å². The number of likely N-dealkylation sites (N-methyl/N-ethyl adjacent to an activating group) is 2. The average Bonchev–Trinajstić information content (AvgIpc) is 3.40. The van der Waals surface area contributed by atoms with Gasteiger partial charge < -0.3 is 25.4 Å². The second-order valence-electron chi connectivity index (χ2n) is 10.4. The Morgan fingerprint density at radius 1 is 1.02 bits per heavy atom. The number of fused-ring (bicyclic) bond motifs is 1. The van der Waals surface area contributed by atoms with Gasteiger partial charge in [0.2, 0.25) is 5.91 Å². The number of amides is 3. The Bertz CT molecular complexity index is 1460. The Hall–Kier alpha value is -4.17. The standard InChI is InChI=1S/C32H39N5O3/c1-7-37(8-2)16-15-33-32(40)29-20(3)27(34-21(29)4)19-25-30-24(13-10-14-26(30)35-31(25)39)23-12-9-11-22(17-23)18-28(38)36(5)6/h9-14,17,19,34H,7-8,15-16,18H2,1-6H3,(H,33,40)(H,35,39)/b25-19-. The number of nitrogens with one attached hydrogen (secondary N) is 3. The first-order valence-corrected chi connectivity index (χ1v) is 13.8. The molecule has 1 aromatic heterocycles. The van der Waals surface area contributed by atoms with Gasteiger partial charge in [-0.25, -0.2) is 0 Å². The van der Waals surface area contributed by atoms with E-state index in [-0.39, 0.29) is 17.7 Å². The molecule has 1 aliphatic rings. The Morgan fingerprint density at radius 3 is 2.45 bits per heavy atom. The van der Waals surface area contributed by atoms with Gasteiger partial charge in [-0.3, -0.25) is 14.4 Å². The summed E-state index contributed by atoms with van der Waals surface area (Å²) < 4.78 is 0. The van der Waals surface area contributed by atoms with E-state index in [1.54, 1.807) is 19.0 Å². The van der Waals surface area contributed by atoms with Crippen LogP contribution in [0.5, 0.6) is 0 Å². The molecular formula is C32H39N5O3. The van der Waals surface area contributed by atoms with Gasteiger partial charge in [0.05, 0.1) is 17.6 Å². The normalized spacial score (nSPS) is 13.5. The van der Waals surface area contributed by atoms with Gasteiger partial charge in [-0.2, -0.15) is 0 Å². The van der Waals surface area contributed by atoms with Crippen LogP contribution in [0.1, 0.15) is 52.3 Å². The molecular weight excluding hydrogens is 502 g/mol. The minimum atomic E-state index is -0.196. The zero-order chi connectivity index (χ0) is 29.0. The van der Waals surface area contributed by atoms with Crippen LogP contribution in [0.4, 0.5) is 5.69 Å². The average molecular weight is 542 g/mol. The van der Waals surface area contributed by atoms with Gasteiger partial charge in [0.25, 0.3) is 11.8 Å². The van der Waals surface area contributed by atoms with Crippen molar-refractivity contribution in [1.82, 2.24) is 20.1 Å². The van der Waals surface area contributed by atoms with Crippen molar-refractivity contribution in [3.8, 4) is 11.1 Å². The van der Waals surface area contributed by atoms with Gasteiger partial charge in [0, 0.05) is 49.8 Å². The zero-order valence-corrected chi connectivity index (χ0v) is 24.3. The van der Waals surface area contributed by atoms with E-state index in [0.717, 1.165) is 64.5 Å². The number of anilines is 1. The number of aryl methyl sites for hydroxylation is 1. The fourth-order valence-corrected chi connectivity index (χ4v) is 5.17. The Kier molecular flexibility index (Phi) is 8.90. The van der Waals surface area contributed by atoms with E-state index in [1.165, 1.54) is 0 Å². The molecule has 0 aliphatic carbocycles. The van der Waals surface area contributed by atoms with Crippen molar-refractivity contribution >= 4 is 35.1 Å². The highest BCUT2D eigenvalue weighted by molar-refractivity contribution is 6.36. The van der Waals surface area contributed by atoms with Crippen molar-refractivity contribution in [2.45, 2.75) is 34.1 Å². The largest absolute Gasteiger partial charge is 0.358 e. The molecule has 0 spiro atoms. The number of aromatic nitrogens is 1. The number of rotatable bonds is 10. The van der Waals surface area contributed by atoms with Crippen molar-refractivity contribution in [2.24, 2.45) is 0 Å². The van der Waals surface area contributed by atoms with Gasteiger partial charge in [0.15, 0.2) is 0 Å². The van der Waals surface area contributed by atoms with Crippen molar-refractivity contribution < 1.29 is 14.4 Å². The maximum atomic E-state index is 13.2. The molecule has 8 heteroatoms. The van der Waals surface area contributed by atoms with E-state index >= 15 is 0 Å². The lowest BCUT2D eigenvalue weighted by Crippen LogP contribution is -2.35. The molecule has 3 N–H and O–H groups in total. The van der Waals surface area contributed by atoms with Gasteiger partial charge in [-0.15, -0.1) is 0 Å². The van der Waals surface area contributed by atoms with E-state index < -0.39 is 0 Å². The quantitative estimate of drug-likeness (QED) is 0.330. The van der Waals surface area contributed by atoms with Crippen molar-refractivity contribution in [3.05, 3.63) is 76.1 Å². The third kappa shape index (κ3) is 6.02. The molecule has 0 unspecified atom stereocenters. The molecule has 3 aromatic rings. The Morgan fingerprint density at radius 2 is 1.75 bits per heavy atom. The summed E-state index contributed by atoms with van der Waals surface area (Å²) in [5, 5.41) is 6.03. The Labute approximate surface area is 236 Å². The van der Waals surface area contributed by atoms with Crippen LogP contribution in [0, 0.1) is 13.8 Å². The summed E-state index contributed by atoms with van der Waals surface area (Å²) in [6.07, 6.45) is 2.13. The van der Waals surface area contributed by atoms with Crippen molar-refractivity contribution in [1.29, 1.82) is 0 Å². The summed E-state index contributed by atoms with van der Waals surface area (Å²) in [6, 6.07) is 13.7. The number of hydrogen-bond acceptors (Lipinski definition) is 4. The van der Waals surface area contributed by atoms with Crippen LogP contribution in [0.2, 0.25) is 0 Å². The summed E-state index contributed by atoms with van der Waals surface area (Å²) in [4.78, 5) is 45.7. The summed E-state index contributed by atoms with van der Waals surface area (Å²) in [7, 11) is 3.49. The molecule has 8 nitrogen and oxygen atoms in total. The maximum absolute atomic E-state index is 13.2. The second kappa shape index (κ2) is 12.3. The monoisotopic (exact) mass is 541 g/mol. The molecule has 0 radical (unpaired) electrons. The van der Waals surface area contributed by atoms with Crippen LogP contribution >= 0.6 is 0 Å². The summed E-state index contributed by atoms with van der Waals surface area (Å²) in [5.74, 6) is -0.291. The van der Waals surface area contributed by atoms with Crippen molar-refractivity contribution in [3.63, 3.8) is 0 Å². The predicted molar refractivity (Wildman–Crippen MR) is 161 cm³/mol. The molecule has 3 amide bonds. The number of nitrogens with zero attached hydrogens (tertiary/aromatic N) is 2. The lowest BCUT2D eigenvalue weighted by atomic mass is 9.93. The van der Waals surface area contributed by atoms with Gasteiger partial charge >= 0.3 is 0 Å². The first-order valence-electron chi connectivity index (χ1n) is 13.8. The maximum Gasteiger partial charge on any atom is 0.256 e. The lowest BCUT2D eigenvalue weighted by molar-refractivity contribution is -0.128. The van der Waals surface area contributed by atoms with Crippen LogP contribution in [-0.4, -0.2) is 72.8 Å². The first kappa shape index (κ1) is 28.8. The van der Waals surface area contributed by atoms with Crippen LogP contribution in [0.25, 0.3) is 22.8 Å². The minimum Gasteiger partial charge on any atom is -0.358 e. The smallest absolute Gasteiger partial charge is 0.256 e. The highest BCUT2D eigenvalue weighted by Gasteiger charge is 2.28. The molecule has 2 heterocycles. The molecule has 4 rings (SSSR count). The Balaban J connectivity index is 1.67. The summed E-state index contributed by atoms with van der Waals surface area (Å²) in [5.41, 5.74) is 7.69. The molecule has 0 bridgehead atoms. The fraction of sp³-hybridized carbons (Fsp3) is 0.344. The van der Waals surface area contributed by atoms with Gasteiger partial charge in [0.1, 0.15) is 0 Å². The molecule has 0 fully saturated rings. The second-order valence-corrected chi connectivity index (χ2v) is 10.4. The number of carbonyl (C=O) groups excluding carboxylic acids is 3. The number of H-pyrrole nitrogens is 1. The number of hydrogen-bond donors (Lipinski definition) is 3. The van der Waals surface area contributed by atoms with Crippen molar-refractivity contribution in [2.75, 3.05) is 45.6 Å². The number of benzene rings is 2. The molecule has 1 aliphatic heterocycles. The zero-order valence-electron chi connectivity index (χ0n) is 24.3. The van der Waals surface area contributed by atoms with Gasteiger partial charge in [-0.05, 0) is 61.3 Å². The molecule has 0 saturated carbocycles. The SMILES string of the molecule is CCN(CC)CCNC(=O)c1c(C)[nH]c(/C=C2\C(=O)Nc3cccc(-c4cccc(CC(=O)N(C)C)c4)c32)c1C. The molecule has 40 heavy (non-hydrogen) atoms. The molecule has 2 aromatic carbocycles. The molecule has 210 valence electrons. The van der Waals surface area contributed by atoms with Crippen LogP contribution in [0.3, 0.4) is 0 Å². The van der Waals surface area contributed by atoms with Crippen LogP contribution in [-0.2, 0) is 16.0 Å². The number of aromatic amines is 1. The third-order valence-electron chi connectivity index (χ3n) is 7.52. The van der Waals surface area contributed by atoms with Gasteiger partial charge in [-0.1, -0.05) is 50.2 Å². The number of carbonyl (C=O) groups is 3. The van der Waals surface area contributed by atoms with E-state index in [4.69, 9.17) is 0 Å². The fourth-order valence-electron chi connectivity index (χ4n) is 5.17. The minimum absolute atomic E-state index is 0.0263. The highest BCUT2D eigenvalue weighted by Crippen LogP contribution is 2.41. The van der Waals surface area contributed by atoms with E-state index in [9.17, 15) is 14.4 Å². The molecule has 0 atom stereocenters. The molecule has 0 saturated heterocycles.